The van der Waals surface area contributed by atoms with Crippen molar-refractivity contribution >= 4 is 23.4 Å². The molecule has 1 N–H and O–H groups in total. The van der Waals surface area contributed by atoms with Crippen molar-refractivity contribution in [2.75, 3.05) is 0 Å². The Morgan fingerprint density at radius 2 is 1.77 bits per heavy atom. The van der Waals surface area contributed by atoms with E-state index in [0.29, 0.717) is 10.7 Å². The zero-order valence-corrected chi connectivity index (χ0v) is 16.2. The van der Waals surface area contributed by atoms with Gasteiger partial charge in [-0.25, -0.2) is 14.5 Å². The Bertz CT molecular complexity index is 1020. The second-order valence-corrected chi connectivity index (χ2v) is 8.36. The number of nitrogens with zero attached hydrogens (tertiary/aromatic N) is 2. The number of aromatic amines is 1. The Morgan fingerprint density at radius 3 is 2.35 bits per heavy atom. The van der Waals surface area contributed by atoms with Crippen LogP contribution in [0, 0.1) is 0 Å². The van der Waals surface area contributed by atoms with E-state index in [1.807, 2.05) is 0 Å². The molecular weight excluding hydrogens is 370 g/mol. The van der Waals surface area contributed by atoms with Gasteiger partial charge in [0.2, 0.25) is 0 Å². The van der Waals surface area contributed by atoms with Gasteiger partial charge in [0, 0.05) is 9.79 Å². The fraction of sp³-hybridized carbons (Fsp3) is 0.211. The smallest absolute Gasteiger partial charge is 0.267 e. The molecule has 0 atom stereocenters. The van der Waals surface area contributed by atoms with Gasteiger partial charge in [-0.15, -0.1) is 0 Å². The van der Waals surface area contributed by atoms with E-state index in [1.165, 1.54) is 17.3 Å². The van der Waals surface area contributed by atoms with Crippen LogP contribution in [0.25, 0.3) is 5.69 Å². The van der Waals surface area contributed by atoms with Gasteiger partial charge in [-0.05, 0) is 41.3 Å². The lowest BCUT2D eigenvalue weighted by atomic mass is 9.87. The van der Waals surface area contributed by atoms with Crippen LogP contribution in [0.4, 0.5) is 0 Å². The molecule has 0 bridgehead atoms. The predicted molar refractivity (Wildman–Crippen MR) is 105 cm³/mol. The monoisotopic (exact) mass is 387 g/mol. The summed E-state index contributed by atoms with van der Waals surface area (Å²) in [5.41, 5.74) is 0.651. The van der Waals surface area contributed by atoms with Gasteiger partial charge in [0.25, 0.3) is 5.56 Å². The van der Waals surface area contributed by atoms with Crippen molar-refractivity contribution < 1.29 is 0 Å². The van der Waals surface area contributed by atoms with Gasteiger partial charge in [-0.2, -0.15) is 5.10 Å². The zero-order valence-electron chi connectivity index (χ0n) is 14.6. The van der Waals surface area contributed by atoms with Gasteiger partial charge < -0.3 is 0 Å². The zero-order chi connectivity index (χ0) is 18.9. The first-order valence-corrected chi connectivity index (χ1v) is 9.20. The van der Waals surface area contributed by atoms with Crippen molar-refractivity contribution in [3.8, 4) is 5.69 Å². The number of rotatable bonds is 3. The van der Waals surface area contributed by atoms with Gasteiger partial charge in [-0.3, -0.25) is 4.79 Å². The number of aromatic nitrogens is 3. The van der Waals surface area contributed by atoms with E-state index < -0.39 is 11.2 Å². The molecule has 0 amide bonds. The Morgan fingerprint density at radius 1 is 1.08 bits per heavy atom. The molecule has 0 radical (unpaired) electrons. The highest BCUT2D eigenvalue weighted by molar-refractivity contribution is 7.99. The molecule has 0 spiro atoms. The summed E-state index contributed by atoms with van der Waals surface area (Å²) in [6, 6.07) is 13.4. The van der Waals surface area contributed by atoms with Crippen LogP contribution in [0.5, 0.6) is 0 Å². The summed E-state index contributed by atoms with van der Waals surface area (Å²) in [6.45, 7) is 6.52. The van der Waals surface area contributed by atoms with Gasteiger partial charge in [0.1, 0.15) is 6.20 Å². The fourth-order valence-electron chi connectivity index (χ4n) is 2.46. The molecule has 0 aliphatic rings. The summed E-state index contributed by atoms with van der Waals surface area (Å²) in [5.74, 6) is 0. The van der Waals surface area contributed by atoms with Crippen molar-refractivity contribution in [2.24, 2.45) is 0 Å². The van der Waals surface area contributed by atoms with Crippen LogP contribution >= 0.6 is 23.4 Å². The molecule has 5 nitrogen and oxygen atoms in total. The molecule has 0 saturated carbocycles. The minimum absolute atomic E-state index is 0.105. The van der Waals surface area contributed by atoms with Crippen molar-refractivity contribution in [3.63, 3.8) is 0 Å². The molecule has 2 aromatic carbocycles. The predicted octanol–water partition coefficient (Wildman–Crippen LogP) is 4.02. The van der Waals surface area contributed by atoms with Gasteiger partial charge in [0.05, 0.1) is 10.7 Å². The first kappa shape index (κ1) is 18.5. The van der Waals surface area contributed by atoms with Crippen LogP contribution in [0.3, 0.4) is 0 Å². The van der Waals surface area contributed by atoms with Crippen LogP contribution in [0.1, 0.15) is 26.3 Å². The molecule has 0 fully saturated rings. The number of nitrogens with one attached hydrogen (secondary N) is 1. The van der Waals surface area contributed by atoms with Crippen LogP contribution in [-0.2, 0) is 5.41 Å². The third-order valence-corrected chi connectivity index (χ3v) is 5.39. The van der Waals surface area contributed by atoms with E-state index >= 15 is 0 Å². The molecule has 0 aliphatic carbocycles. The van der Waals surface area contributed by atoms with Gasteiger partial charge in [-0.1, -0.05) is 56.3 Å². The molecular formula is C19H18ClN3O2S. The van der Waals surface area contributed by atoms with Crippen molar-refractivity contribution in [1.82, 2.24) is 14.8 Å². The average molecular weight is 388 g/mol. The molecule has 1 aromatic heterocycles. The maximum Gasteiger partial charge on any atom is 0.349 e. The number of hydrogen-bond acceptors (Lipinski definition) is 4. The van der Waals surface area contributed by atoms with E-state index in [4.69, 9.17) is 11.6 Å². The van der Waals surface area contributed by atoms with E-state index in [0.717, 1.165) is 20.6 Å². The SMILES string of the molecule is CC(C)(C)c1ccc(Sc2ccc(-n3c(=O)cn[nH]c3=O)cc2Cl)cc1. The first-order chi connectivity index (χ1) is 12.3. The van der Waals surface area contributed by atoms with Crippen molar-refractivity contribution in [3.05, 3.63) is 80.1 Å². The van der Waals surface area contributed by atoms with E-state index in [1.54, 1.807) is 18.2 Å². The lowest BCUT2D eigenvalue weighted by Crippen LogP contribution is -2.33. The molecule has 3 rings (SSSR count). The van der Waals surface area contributed by atoms with Crippen LogP contribution in [-0.4, -0.2) is 14.8 Å². The van der Waals surface area contributed by atoms with Crippen molar-refractivity contribution in [2.45, 2.75) is 36.0 Å². The standard InChI is InChI=1S/C19H18ClN3O2S/c1-19(2,3)12-4-7-14(8-5-12)26-16-9-6-13(10-15(16)20)23-17(24)11-21-22-18(23)25/h4-11H,1-3H3,(H,22,25). The fourth-order valence-corrected chi connectivity index (χ4v) is 3.57. The number of hydrogen-bond donors (Lipinski definition) is 1. The minimum Gasteiger partial charge on any atom is -0.267 e. The van der Waals surface area contributed by atoms with Gasteiger partial charge >= 0.3 is 5.69 Å². The summed E-state index contributed by atoms with van der Waals surface area (Å²) in [5, 5.41) is 6.19. The molecule has 134 valence electrons. The Balaban J connectivity index is 1.89. The summed E-state index contributed by atoms with van der Waals surface area (Å²) in [7, 11) is 0. The van der Waals surface area contributed by atoms with E-state index in [-0.39, 0.29) is 5.41 Å². The first-order valence-electron chi connectivity index (χ1n) is 8.01. The number of halogens is 1. The van der Waals surface area contributed by atoms with Crippen LogP contribution in [0.2, 0.25) is 5.02 Å². The van der Waals surface area contributed by atoms with Crippen LogP contribution < -0.4 is 11.2 Å². The average Bonchev–Trinajstić information content (AvgIpc) is 2.57. The Labute approximate surface area is 160 Å². The van der Waals surface area contributed by atoms with Crippen LogP contribution in [0.15, 0.2) is 68.0 Å². The summed E-state index contributed by atoms with van der Waals surface area (Å²) >= 11 is 7.90. The third-order valence-electron chi connectivity index (χ3n) is 3.88. The number of benzene rings is 2. The number of H-pyrrole nitrogens is 1. The molecule has 7 heteroatoms. The maximum absolute atomic E-state index is 11.9. The second-order valence-electron chi connectivity index (χ2n) is 6.84. The molecule has 3 aromatic rings. The highest BCUT2D eigenvalue weighted by Crippen LogP contribution is 2.35. The van der Waals surface area contributed by atoms with Gasteiger partial charge in [0.15, 0.2) is 0 Å². The Kier molecular flexibility index (Phi) is 5.07. The summed E-state index contributed by atoms with van der Waals surface area (Å²) in [6.07, 6.45) is 1.05. The summed E-state index contributed by atoms with van der Waals surface area (Å²) < 4.78 is 0.992. The quantitative estimate of drug-likeness (QED) is 0.736. The minimum atomic E-state index is -0.605. The molecule has 26 heavy (non-hydrogen) atoms. The largest absolute Gasteiger partial charge is 0.349 e. The maximum atomic E-state index is 11.9. The van der Waals surface area contributed by atoms with Crippen molar-refractivity contribution in [1.29, 1.82) is 0 Å². The highest BCUT2D eigenvalue weighted by Gasteiger charge is 2.13. The van der Waals surface area contributed by atoms with E-state index in [2.05, 4.69) is 55.2 Å². The second kappa shape index (κ2) is 7.13. The normalized spacial score (nSPS) is 11.5. The lowest BCUT2D eigenvalue weighted by Gasteiger charge is -2.19. The summed E-state index contributed by atoms with van der Waals surface area (Å²) in [4.78, 5) is 25.6. The molecule has 0 unspecified atom stereocenters. The molecule has 0 saturated heterocycles. The topological polar surface area (TPSA) is 67.8 Å². The third kappa shape index (κ3) is 3.92. The Hall–Kier alpha value is -2.31. The lowest BCUT2D eigenvalue weighted by molar-refractivity contribution is 0.590. The highest BCUT2D eigenvalue weighted by atomic mass is 35.5. The molecule has 0 aliphatic heterocycles. The van der Waals surface area contributed by atoms with E-state index in [9.17, 15) is 9.59 Å². The molecule has 1 heterocycles.